The summed E-state index contributed by atoms with van der Waals surface area (Å²) < 4.78 is 16.1. The first kappa shape index (κ1) is 15.3. The molecular formula is C14H19N3O4. The number of aliphatic hydroxyl groups is 1. The Morgan fingerprint density at radius 3 is 2.52 bits per heavy atom. The molecule has 0 heterocycles. The molecule has 7 heteroatoms. The van der Waals surface area contributed by atoms with Crippen LogP contribution < -0.4 is 14.2 Å². The predicted molar refractivity (Wildman–Crippen MR) is 76.9 cm³/mol. The third-order valence-electron chi connectivity index (χ3n) is 3.76. The van der Waals surface area contributed by atoms with Crippen LogP contribution in [0.4, 0.5) is 0 Å². The largest absolute Gasteiger partial charge is 0.493 e. The molecule has 0 saturated heterocycles. The zero-order valence-corrected chi connectivity index (χ0v) is 12.4. The van der Waals surface area contributed by atoms with Crippen molar-refractivity contribution in [2.75, 3.05) is 21.3 Å². The lowest BCUT2D eigenvalue weighted by molar-refractivity contribution is 0.159. The molecule has 7 nitrogen and oxygen atoms in total. The number of aliphatic hydroxyl groups excluding tert-OH is 1. The zero-order valence-electron chi connectivity index (χ0n) is 12.4. The molecule has 21 heavy (non-hydrogen) atoms. The van der Waals surface area contributed by atoms with Gasteiger partial charge in [0.15, 0.2) is 11.5 Å². The number of benzene rings is 1. The number of rotatable bonds is 4. The van der Waals surface area contributed by atoms with E-state index in [1.807, 2.05) is 0 Å². The first-order valence-corrected chi connectivity index (χ1v) is 6.70. The second-order valence-electron chi connectivity index (χ2n) is 4.86. The minimum absolute atomic E-state index is 0.237. The molecule has 1 aliphatic carbocycles. The Hall–Kier alpha value is -2.11. The van der Waals surface area contributed by atoms with Gasteiger partial charge >= 0.3 is 0 Å². The molecule has 0 spiro atoms. The smallest absolute Gasteiger partial charge is 0.203 e. The van der Waals surface area contributed by atoms with Crippen molar-refractivity contribution in [2.24, 2.45) is 5.11 Å². The van der Waals surface area contributed by atoms with Gasteiger partial charge in [-0.3, -0.25) is 0 Å². The highest BCUT2D eigenvalue weighted by Crippen LogP contribution is 2.46. The zero-order chi connectivity index (χ0) is 15.4. The van der Waals surface area contributed by atoms with E-state index in [0.29, 0.717) is 36.5 Å². The summed E-state index contributed by atoms with van der Waals surface area (Å²) in [6, 6.07) is 1.53. The Bertz CT molecular complexity index is 570. The monoisotopic (exact) mass is 293 g/mol. The maximum atomic E-state index is 10.4. The Morgan fingerprint density at radius 2 is 1.95 bits per heavy atom. The van der Waals surface area contributed by atoms with E-state index < -0.39 is 6.10 Å². The Balaban J connectivity index is 2.55. The van der Waals surface area contributed by atoms with Crippen LogP contribution in [0.1, 0.15) is 30.1 Å². The highest BCUT2D eigenvalue weighted by Gasteiger charge is 2.28. The second-order valence-corrected chi connectivity index (χ2v) is 4.86. The number of nitrogens with zero attached hydrogens (tertiary/aromatic N) is 3. The molecule has 2 atom stereocenters. The topological polar surface area (TPSA) is 96.7 Å². The SMILES string of the molecule is COc1cc2c(c(OC)c1OC)CC[C@@H](N=[N+]=[N-])CC2O. The van der Waals surface area contributed by atoms with Crippen LogP contribution >= 0.6 is 0 Å². The Kier molecular flexibility index (Phi) is 4.77. The summed E-state index contributed by atoms with van der Waals surface area (Å²) in [5, 5.41) is 14.1. The van der Waals surface area contributed by atoms with Crippen LogP contribution in [0.25, 0.3) is 10.4 Å². The van der Waals surface area contributed by atoms with Gasteiger partial charge in [0.1, 0.15) is 0 Å². The average molecular weight is 293 g/mol. The van der Waals surface area contributed by atoms with E-state index in [2.05, 4.69) is 10.0 Å². The molecule has 0 saturated carbocycles. The predicted octanol–water partition coefficient (Wildman–Crippen LogP) is 2.76. The molecule has 1 aromatic rings. The number of hydrogen-bond donors (Lipinski definition) is 1. The van der Waals surface area contributed by atoms with E-state index in [1.54, 1.807) is 20.3 Å². The lowest BCUT2D eigenvalue weighted by Gasteiger charge is -2.20. The molecule has 1 aromatic carbocycles. The molecule has 0 bridgehead atoms. The molecule has 0 aromatic heterocycles. The second kappa shape index (κ2) is 6.56. The van der Waals surface area contributed by atoms with Crippen LogP contribution in [0.15, 0.2) is 11.2 Å². The van der Waals surface area contributed by atoms with Crippen molar-refractivity contribution >= 4 is 0 Å². The molecule has 0 amide bonds. The van der Waals surface area contributed by atoms with Crippen molar-refractivity contribution in [2.45, 2.75) is 31.4 Å². The molecule has 2 rings (SSSR count). The third-order valence-corrected chi connectivity index (χ3v) is 3.76. The summed E-state index contributed by atoms with van der Waals surface area (Å²) in [5.41, 5.74) is 10.2. The van der Waals surface area contributed by atoms with E-state index in [9.17, 15) is 5.11 Å². The number of azide groups is 1. The standard InChI is InChI=1S/C14H19N3O4/c1-19-12-7-10-9(13(20-2)14(12)21-3)5-4-8(16-17-15)6-11(10)18/h7-8,11,18H,4-6H2,1-3H3/t8-,11?/m1/s1. The fourth-order valence-electron chi connectivity index (χ4n) is 2.78. The summed E-state index contributed by atoms with van der Waals surface area (Å²) in [7, 11) is 4.64. The number of fused-ring (bicyclic) bond motifs is 1. The third kappa shape index (κ3) is 2.84. The van der Waals surface area contributed by atoms with Gasteiger partial charge in [-0.1, -0.05) is 5.11 Å². The van der Waals surface area contributed by atoms with E-state index in [-0.39, 0.29) is 6.04 Å². The quantitative estimate of drug-likeness (QED) is 0.399. The molecule has 1 N–H and O–H groups in total. The summed E-state index contributed by atoms with van der Waals surface area (Å²) in [5.74, 6) is 1.58. The van der Waals surface area contributed by atoms with E-state index >= 15 is 0 Å². The minimum atomic E-state index is -0.730. The Morgan fingerprint density at radius 1 is 1.24 bits per heavy atom. The van der Waals surface area contributed by atoms with Gasteiger partial charge in [-0.05, 0) is 36.4 Å². The van der Waals surface area contributed by atoms with Crippen molar-refractivity contribution in [1.82, 2.24) is 0 Å². The lowest BCUT2D eigenvalue weighted by atomic mass is 9.98. The van der Waals surface area contributed by atoms with Gasteiger partial charge in [0.25, 0.3) is 0 Å². The first-order chi connectivity index (χ1) is 10.2. The van der Waals surface area contributed by atoms with E-state index in [1.165, 1.54) is 7.11 Å². The summed E-state index contributed by atoms with van der Waals surface area (Å²) >= 11 is 0. The minimum Gasteiger partial charge on any atom is -0.493 e. The van der Waals surface area contributed by atoms with E-state index in [0.717, 1.165) is 11.1 Å². The highest BCUT2D eigenvalue weighted by molar-refractivity contribution is 5.60. The molecule has 0 aliphatic heterocycles. The summed E-state index contributed by atoms with van der Waals surface area (Å²) in [6.45, 7) is 0. The lowest BCUT2D eigenvalue weighted by Crippen LogP contribution is -2.07. The Labute approximate surface area is 123 Å². The van der Waals surface area contributed by atoms with Crippen molar-refractivity contribution in [3.63, 3.8) is 0 Å². The molecule has 1 unspecified atom stereocenters. The highest BCUT2D eigenvalue weighted by atomic mass is 16.5. The van der Waals surface area contributed by atoms with Gasteiger partial charge in [-0.2, -0.15) is 0 Å². The first-order valence-electron chi connectivity index (χ1n) is 6.70. The van der Waals surface area contributed by atoms with E-state index in [4.69, 9.17) is 19.7 Å². The van der Waals surface area contributed by atoms with Gasteiger partial charge in [0.05, 0.1) is 27.4 Å². The number of ether oxygens (including phenoxy) is 3. The van der Waals surface area contributed by atoms with Crippen molar-refractivity contribution in [3.05, 3.63) is 27.6 Å². The average Bonchev–Trinajstić information content (AvgIpc) is 2.65. The van der Waals surface area contributed by atoms with Crippen LogP contribution in [0.3, 0.4) is 0 Å². The van der Waals surface area contributed by atoms with Crippen LogP contribution in [-0.2, 0) is 6.42 Å². The number of hydrogen-bond acceptors (Lipinski definition) is 5. The van der Waals surface area contributed by atoms with Crippen LogP contribution in [0.5, 0.6) is 17.2 Å². The fourth-order valence-corrected chi connectivity index (χ4v) is 2.78. The van der Waals surface area contributed by atoms with Crippen LogP contribution in [0.2, 0.25) is 0 Å². The van der Waals surface area contributed by atoms with Crippen molar-refractivity contribution in [3.8, 4) is 17.2 Å². The summed E-state index contributed by atoms with van der Waals surface area (Å²) in [6.07, 6.45) is 0.946. The maximum Gasteiger partial charge on any atom is 0.203 e. The van der Waals surface area contributed by atoms with Crippen molar-refractivity contribution in [1.29, 1.82) is 0 Å². The normalized spacial score (nSPS) is 20.8. The molecule has 114 valence electrons. The molecule has 1 aliphatic rings. The van der Waals surface area contributed by atoms with Gasteiger partial charge in [-0.25, -0.2) is 0 Å². The fraction of sp³-hybridized carbons (Fsp3) is 0.571. The molecular weight excluding hydrogens is 274 g/mol. The number of methoxy groups -OCH3 is 3. The van der Waals surface area contributed by atoms with Gasteiger partial charge < -0.3 is 19.3 Å². The molecule has 0 fully saturated rings. The van der Waals surface area contributed by atoms with Gasteiger partial charge in [0, 0.05) is 16.5 Å². The van der Waals surface area contributed by atoms with Gasteiger partial charge in [0.2, 0.25) is 5.75 Å². The van der Waals surface area contributed by atoms with Crippen LogP contribution in [0, 0.1) is 0 Å². The molecule has 0 radical (unpaired) electrons. The van der Waals surface area contributed by atoms with Gasteiger partial charge in [-0.15, -0.1) is 0 Å². The maximum absolute atomic E-state index is 10.4. The summed E-state index contributed by atoms with van der Waals surface area (Å²) in [4.78, 5) is 2.84. The van der Waals surface area contributed by atoms with Crippen molar-refractivity contribution < 1.29 is 19.3 Å². The van der Waals surface area contributed by atoms with Crippen LogP contribution in [-0.4, -0.2) is 32.5 Å².